The van der Waals surface area contributed by atoms with Crippen LogP contribution in [0.2, 0.25) is 0 Å². The fourth-order valence-electron chi connectivity index (χ4n) is 1.54. The Morgan fingerprint density at radius 3 is 3.16 bits per heavy atom. The molecule has 1 N–H and O–H groups in total. The lowest BCUT2D eigenvalue weighted by Crippen LogP contribution is -2.09. The predicted molar refractivity (Wildman–Crippen MR) is 67.2 cm³/mol. The molecule has 0 spiro atoms. The summed E-state index contributed by atoms with van der Waals surface area (Å²) in [5.41, 5.74) is 0.846. The number of hydrogen-bond acceptors (Lipinski definition) is 6. The Hall–Kier alpha value is -2.48. The van der Waals surface area contributed by atoms with E-state index in [0.29, 0.717) is 10.7 Å². The molecule has 0 aliphatic heterocycles. The molecule has 8 heteroatoms. The minimum absolute atomic E-state index is 0.367. The number of fused-ring (bicyclic) bond motifs is 1. The number of aromatic nitrogens is 4. The summed E-state index contributed by atoms with van der Waals surface area (Å²) in [6.07, 6.45) is 1.53. The number of carboxylic acids is 1. The molecule has 96 valence electrons. The normalized spacial score (nSPS) is 10.7. The number of hydrogen-bond donors (Lipinski definition) is 1. The average molecular weight is 276 g/mol. The summed E-state index contributed by atoms with van der Waals surface area (Å²) < 4.78 is 6.72. The molecule has 0 radical (unpaired) electrons. The van der Waals surface area contributed by atoms with Gasteiger partial charge in [-0.2, -0.15) is 9.61 Å². The minimum Gasteiger partial charge on any atom is -0.482 e. The van der Waals surface area contributed by atoms with Gasteiger partial charge in [-0.25, -0.2) is 4.79 Å². The minimum atomic E-state index is -1.01. The first-order chi connectivity index (χ1) is 9.22. The Bertz CT molecular complexity index is 708. The van der Waals surface area contributed by atoms with Gasteiger partial charge in [0.05, 0.1) is 0 Å². The summed E-state index contributed by atoms with van der Waals surface area (Å²) in [5.74, 6) is -0.518. The monoisotopic (exact) mass is 276 g/mol. The molecule has 2 heterocycles. The number of aliphatic carboxylic acids is 1. The van der Waals surface area contributed by atoms with Gasteiger partial charge < -0.3 is 9.84 Å². The van der Waals surface area contributed by atoms with Crippen molar-refractivity contribution in [2.45, 2.75) is 0 Å². The van der Waals surface area contributed by atoms with Gasteiger partial charge in [0.15, 0.2) is 6.61 Å². The van der Waals surface area contributed by atoms with Gasteiger partial charge in [-0.3, -0.25) is 0 Å². The molecule has 0 fully saturated rings. The van der Waals surface area contributed by atoms with Crippen LogP contribution in [0.15, 0.2) is 30.6 Å². The van der Waals surface area contributed by atoms with Crippen LogP contribution in [0.1, 0.15) is 0 Å². The van der Waals surface area contributed by atoms with Gasteiger partial charge in [-0.15, -0.1) is 10.2 Å². The molecule has 0 amide bonds. The van der Waals surface area contributed by atoms with E-state index in [1.165, 1.54) is 17.7 Å². The highest BCUT2D eigenvalue weighted by atomic mass is 32.1. The summed E-state index contributed by atoms with van der Waals surface area (Å²) in [7, 11) is 0. The number of rotatable bonds is 4. The second-order valence-corrected chi connectivity index (χ2v) is 4.63. The van der Waals surface area contributed by atoms with Gasteiger partial charge in [-0.05, 0) is 12.1 Å². The summed E-state index contributed by atoms with van der Waals surface area (Å²) in [4.78, 5) is 11.2. The third-order valence-electron chi connectivity index (χ3n) is 2.33. The average Bonchev–Trinajstić information content (AvgIpc) is 2.97. The molecule has 7 nitrogen and oxygen atoms in total. The Balaban J connectivity index is 1.90. The third-order valence-corrected chi connectivity index (χ3v) is 3.29. The molecule has 19 heavy (non-hydrogen) atoms. The molecule has 0 unspecified atom stereocenters. The smallest absolute Gasteiger partial charge is 0.341 e. The molecule has 2 aromatic heterocycles. The highest BCUT2D eigenvalue weighted by Crippen LogP contribution is 2.27. The number of benzene rings is 1. The van der Waals surface area contributed by atoms with Crippen molar-refractivity contribution >= 4 is 22.3 Å². The third kappa shape index (κ3) is 2.38. The zero-order valence-corrected chi connectivity index (χ0v) is 10.4. The van der Waals surface area contributed by atoms with Gasteiger partial charge in [0.1, 0.15) is 17.1 Å². The summed E-state index contributed by atoms with van der Waals surface area (Å²) in [6.45, 7) is -0.367. The highest BCUT2D eigenvalue weighted by Gasteiger charge is 2.08. The Morgan fingerprint density at radius 1 is 1.47 bits per heavy atom. The number of carbonyl (C=O) groups is 1. The molecular weight excluding hydrogens is 268 g/mol. The van der Waals surface area contributed by atoms with Crippen molar-refractivity contribution in [3.8, 4) is 16.3 Å². The van der Waals surface area contributed by atoms with Crippen molar-refractivity contribution in [3.05, 3.63) is 30.6 Å². The first-order valence-electron chi connectivity index (χ1n) is 5.34. The molecule has 0 saturated carbocycles. The van der Waals surface area contributed by atoms with E-state index in [4.69, 9.17) is 9.84 Å². The Labute approximate surface area is 111 Å². The number of ether oxygens (including phenoxy) is 1. The SMILES string of the molecule is O=C(O)COc1cccc(-c2nn3cnnc3s2)c1. The van der Waals surface area contributed by atoms with Gasteiger partial charge in [0.25, 0.3) is 0 Å². The molecule has 0 aliphatic rings. The van der Waals surface area contributed by atoms with Crippen molar-refractivity contribution < 1.29 is 14.6 Å². The molecule has 3 rings (SSSR count). The Kier molecular flexibility index (Phi) is 2.84. The van der Waals surface area contributed by atoms with Gasteiger partial charge >= 0.3 is 5.97 Å². The lowest BCUT2D eigenvalue weighted by molar-refractivity contribution is -0.139. The standard InChI is InChI=1S/C11H8N4O3S/c16-9(17)5-18-8-3-1-2-7(4-8)10-14-15-6-12-13-11(15)19-10/h1-4,6H,5H2,(H,16,17). The zero-order valence-electron chi connectivity index (χ0n) is 9.55. The number of carboxylic acid groups (broad SMARTS) is 1. The molecular formula is C11H8N4O3S. The van der Waals surface area contributed by atoms with Crippen molar-refractivity contribution in [1.82, 2.24) is 19.8 Å². The lowest BCUT2D eigenvalue weighted by atomic mass is 10.2. The van der Waals surface area contributed by atoms with Crippen molar-refractivity contribution in [1.29, 1.82) is 0 Å². The van der Waals surface area contributed by atoms with Crippen LogP contribution in [0.3, 0.4) is 0 Å². The largest absolute Gasteiger partial charge is 0.482 e. The first-order valence-corrected chi connectivity index (χ1v) is 6.16. The van der Waals surface area contributed by atoms with E-state index in [1.54, 1.807) is 22.7 Å². The maximum Gasteiger partial charge on any atom is 0.341 e. The van der Waals surface area contributed by atoms with E-state index in [9.17, 15) is 4.79 Å². The van der Waals surface area contributed by atoms with E-state index in [1.807, 2.05) is 6.07 Å². The summed E-state index contributed by atoms with van der Waals surface area (Å²) in [5, 5.41) is 21.3. The maximum atomic E-state index is 10.5. The molecule has 3 aromatic rings. The van der Waals surface area contributed by atoms with E-state index in [-0.39, 0.29) is 6.61 Å². The van der Waals surface area contributed by atoms with Gasteiger partial charge in [-0.1, -0.05) is 23.5 Å². The quantitative estimate of drug-likeness (QED) is 0.773. The Morgan fingerprint density at radius 2 is 2.37 bits per heavy atom. The predicted octanol–water partition coefficient (Wildman–Crippen LogP) is 1.32. The van der Waals surface area contributed by atoms with Crippen LogP contribution in [0.25, 0.3) is 15.5 Å². The fraction of sp³-hybridized carbons (Fsp3) is 0.0909. The summed E-state index contributed by atoms with van der Waals surface area (Å²) in [6, 6.07) is 7.11. The highest BCUT2D eigenvalue weighted by molar-refractivity contribution is 7.19. The molecule has 1 aromatic carbocycles. The van der Waals surface area contributed by atoms with Crippen LogP contribution in [0, 0.1) is 0 Å². The second-order valence-electron chi connectivity index (χ2n) is 3.68. The van der Waals surface area contributed by atoms with Gasteiger partial charge in [0, 0.05) is 5.56 Å². The van der Waals surface area contributed by atoms with Crippen molar-refractivity contribution in [3.63, 3.8) is 0 Å². The van der Waals surface area contributed by atoms with Crippen LogP contribution in [-0.4, -0.2) is 37.5 Å². The number of nitrogens with zero attached hydrogens (tertiary/aromatic N) is 4. The van der Waals surface area contributed by atoms with Crippen LogP contribution >= 0.6 is 11.3 Å². The zero-order chi connectivity index (χ0) is 13.2. The van der Waals surface area contributed by atoms with Crippen molar-refractivity contribution in [2.75, 3.05) is 6.61 Å². The molecule has 0 aliphatic carbocycles. The van der Waals surface area contributed by atoms with E-state index in [0.717, 1.165) is 10.6 Å². The van der Waals surface area contributed by atoms with E-state index >= 15 is 0 Å². The van der Waals surface area contributed by atoms with Crippen LogP contribution in [0.5, 0.6) is 5.75 Å². The summed E-state index contributed by atoms with van der Waals surface area (Å²) >= 11 is 1.40. The second kappa shape index (κ2) is 4.65. The lowest BCUT2D eigenvalue weighted by Gasteiger charge is -2.03. The van der Waals surface area contributed by atoms with E-state index in [2.05, 4.69) is 15.3 Å². The molecule has 0 bridgehead atoms. The first kappa shape index (κ1) is 11.6. The molecule has 0 atom stereocenters. The van der Waals surface area contributed by atoms with Crippen molar-refractivity contribution in [2.24, 2.45) is 0 Å². The van der Waals surface area contributed by atoms with Gasteiger partial charge in [0.2, 0.25) is 4.96 Å². The van der Waals surface area contributed by atoms with E-state index < -0.39 is 5.97 Å². The van der Waals surface area contributed by atoms with Crippen LogP contribution in [-0.2, 0) is 4.79 Å². The van der Waals surface area contributed by atoms with Crippen LogP contribution < -0.4 is 4.74 Å². The van der Waals surface area contributed by atoms with Crippen LogP contribution in [0.4, 0.5) is 0 Å². The topological polar surface area (TPSA) is 89.6 Å². The maximum absolute atomic E-state index is 10.5. The fourth-order valence-corrected chi connectivity index (χ4v) is 2.36. The molecule has 0 saturated heterocycles.